The zero-order valence-corrected chi connectivity index (χ0v) is 14.6. The van der Waals surface area contributed by atoms with E-state index in [1.54, 1.807) is 12.1 Å². The number of hydrogen-bond acceptors (Lipinski definition) is 4. The van der Waals surface area contributed by atoms with Crippen molar-refractivity contribution in [2.45, 2.75) is 57.5 Å². The minimum absolute atomic E-state index is 0.00748. The van der Waals surface area contributed by atoms with Crippen molar-refractivity contribution in [2.24, 2.45) is 5.92 Å². The largest absolute Gasteiger partial charge is 0.392 e. The van der Waals surface area contributed by atoms with Crippen molar-refractivity contribution in [2.75, 3.05) is 13.1 Å². The van der Waals surface area contributed by atoms with Gasteiger partial charge >= 0.3 is 0 Å². The lowest BCUT2D eigenvalue weighted by atomic mass is 9.91. The molecule has 24 heavy (non-hydrogen) atoms. The average Bonchev–Trinajstić information content (AvgIpc) is 3.14. The zero-order valence-electron chi connectivity index (χ0n) is 14.6. The van der Waals surface area contributed by atoms with Crippen LogP contribution in [0.5, 0.6) is 0 Å². The molecule has 0 amide bonds. The molecule has 2 rings (SSSR count). The minimum atomic E-state index is -0.720. The van der Waals surface area contributed by atoms with E-state index in [1.807, 2.05) is 25.1 Å². The van der Waals surface area contributed by atoms with Gasteiger partial charge in [-0.3, -0.25) is 4.90 Å². The third-order valence-electron chi connectivity index (χ3n) is 5.24. The van der Waals surface area contributed by atoms with Gasteiger partial charge in [0.1, 0.15) is 0 Å². The second kappa shape index (κ2) is 9.33. The van der Waals surface area contributed by atoms with Gasteiger partial charge in [0.2, 0.25) is 0 Å². The van der Waals surface area contributed by atoms with Gasteiger partial charge in [-0.2, -0.15) is 0 Å². The van der Waals surface area contributed by atoms with Crippen molar-refractivity contribution in [3.63, 3.8) is 0 Å². The monoisotopic (exact) mass is 333 g/mol. The molecule has 0 radical (unpaired) electrons. The number of aliphatic hydroxyl groups excluding tert-OH is 3. The quantitative estimate of drug-likeness (QED) is 0.608. The highest BCUT2D eigenvalue weighted by Crippen LogP contribution is 2.28. The van der Waals surface area contributed by atoms with Crippen LogP contribution >= 0.6 is 0 Å². The number of aliphatic hydroxyl groups is 3. The predicted molar refractivity (Wildman–Crippen MR) is 96.5 cm³/mol. The van der Waals surface area contributed by atoms with Crippen molar-refractivity contribution in [1.82, 2.24) is 4.90 Å². The van der Waals surface area contributed by atoms with Gasteiger partial charge < -0.3 is 15.3 Å². The van der Waals surface area contributed by atoms with Gasteiger partial charge in [0.05, 0.1) is 18.8 Å². The fourth-order valence-corrected chi connectivity index (χ4v) is 3.55. The third kappa shape index (κ3) is 4.90. The molecule has 3 N–H and O–H groups in total. The average molecular weight is 333 g/mol. The standard InChI is InChI=1S/C20H31NO3/c1-3-12-21(18-6-4-5-7-18)13-19(23)15(2)20(24)17-10-8-16(14-22)9-11-17/h3,8-11,15,18-20,22-24H,1,4-7,12-14H2,2H3/t15-,19+,20+/m0/s1. The van der Waals surface area contributed by atoms with Crippen LogP contribution < -0.4 is 0 Å². The summed E-state index contributed by atoms with van der Waals surface area (Å²) in [7, 11) is 0. The summed E-state index contributed by atoms with van der Waals surface area (Å²) in [5.41, 5.74) is 1.59. The van der Waals surface area contributed by atoms with E-state index in [1.165, 1.54) is 25.7 Å². The van der Waals surface area contributed by atoms with Crippen molar-refractivity contribution >= 4 is 0 Å². The van der Waals surface area contributed by atoms with Crippen molar-refractivity contribution < 1.29 is 15.3 Å². The molecule has 0 unspecified atom stereocenters. The van der Waals surface area contributed by atoms with E-state index in [-0.39, 0.29) is 12.5 Å². The number of nitrogens with zero attached hydrogens (tertiary/aromatic N) is 1. The van der Waals surface area contributed by atoms with Crippen molar-refractivity contribution in [1.29, 1.82) is 0 Å². The summed E-state index contributed by atoms with van der Waals surface area (Å²) < 4.78 is 0. The molecule has 0 aromatic heterocycles. The Morgan fingerprint density at radius 2 is 1.83 bits per heavy atom. The Hall–Kier alpha value is -1.20. The van der Waals surface area contributed by atoms with E-state index in [0.717, 1.165) is 17.7 Å². The second-order valence-corrected chi connectivity index (χ2v) is 6.95. The molecule has 1 aromatic rings. The maximum absolute atomic E-state index is 10.6. The molecular weight excluding hydrogens is 302 g/mol. The summed E-state index contributed by atoms with van der Waals surface area (Å²) in [4.78, 5) is 2.29. The Kier molecular flexibility index (Phi) is 7.43. The molecule has 0 spiro atoms. The summed E-state index contributed by atoms with van der Waals surface area (Å²) in [5, 5.41) is 30.3. The molecule has 4 nitrogen and oxygen atoms in total. The van der Waals surface area contributed by atoms with Crippen LogP contribution in [0.15, 0.2) is 36.9 Å². The lowest BCUT2D eigenvalue weighted by Gasteiger charge is -2.33. The van der Waals surface area contributed by atoms with Crippen LogP contribution in [-0.4, -0.2) is 45.5 Å². The summed E-state index contributed by atoms with van der Waals surface area (Å²) in [6, 6.07) is 7.77. The van der Waals surface area contributed by atoms with Crippen LogP contribution in [0.25, 0.3) is 0 Å². The highest BCUT2D eigenvalue weighted by molar-refractivity contribution is 5.24. The Bertz CT molecular complexity index is 496. The Balaban J connectivity index is 1.97. The van der Waals surface area contributed by atoms with Crippen LogP contribution in [0.1, 0.15) is 49.8 Å². The maximum Gasteiger partial charge on any atom is 0.0840 e. The SMILES string of the molecule is C=CCN(C[C@@H](O)[C@H](C)[C@@H](O)c1ccc(CO)cc1)C1CCCC1. The predicted octanol–water partition coefficient (Wildman–Crippen LogP) is 2.64. The molecule has 1 aliphatic rings. The first-order valence-corrected chi connectivity index (χ1v) is 8.97. The van der Waals surface area contributed by atoms with E-state index in [9.17, 15) is 10.2 Å². The Morgan fingerprint density at radius 1 is 1.21 bits per heavy atom. The summed E-state index contributed by atoms with van der Waals surface area (Å²) in [5.74, 6) is -0.265. The number of rotatable bonds is 9. The molecule has 134 valence electrons. The third-order valence-corrected chi connectivity index (χ3v) is 5.24. The normalized spacial score (nSPS) is 19.4. The highest BCUT2D eigenvalue weighted by atomic mass is 16.3. The lowest BCUT2D eigenvalue weighted by molar-refractivity contribution is -0.00323. The van der Waals surface area contributed by atoms with Crippen LogP contribution in [0.2, 0.25) is 0 Å². The van der Waals surface area contributed by atoms with Gasteiger partial charge in [-0.1, -0.05) is 50.1 Å². The molecule has 1 saturated carbocycles. The first-order valence-electron chi connectivity index (χ1n) is 8.97. The molecule has 0 saturated heterocycles. The van der Waals surface area contributed by atoms with E-state index in [4.69, 9.17) is 5.11 Å². The molecular formula is C20H31NO3. The van der Waals surface area contributed by atoms with Crippen molar-refractivity contribution in [3.05, 3.63) is 48.0 Å². The van der Waals surface area contributed by atoms with Gasteiger partial charge in [0.15, 0.2) is 0 Å². The molecule has 1 fully saturated rings. The van der Waals surface area contributed by atoms with Crippen LogP contribution in [-0.2, 0) is 6.61 Å². The summed E-state index contributed by atoms with van der Waals surface area (Å²) in [6.07, 6.45) is 5.44. The second-order valence-electron chi connectivity index (χ2n) is 6.95. The van der Waals surface area contributed by atoms with Gasteiger partial charge in [-0.25, -0.2) is 0 Å². The molecule has 0 heterocycles. The molecule has 1 aliphatic carbocycles. The zero-order chi connectivity index (χ0) is 17.5. The number of hydrogen-bond donors (Lipinski definition) is 3. The lowest BCUT2D eigenvalue weighted by Crippen LogP contribution is -2.42. The molecule has 0 aliphatic heterocycles. The summed E-state index contributed by atoms with van der Waals surface area (Å²) in [6.45, 7) is 7.04. The highest BCUT2D eigenvalue weighted by Gasteiger charge is 2.29. The Morgan fingerprint density at radius 3 is 2.38 bits per heavy atom. The topological polar surface area (TPSA) is 63.9 Å². The van der Waals surface area contributed by atoms with Crippen LogP contribution in [0.4, 0.5) is 0 Å². The first-order chi connectivity index (χ1) is 11.6. The Labute approximate surface area is 145 Å². The van der Waals surface area contributed by atoms with E-state index in [0.29, 0.717) is 12.6 Å². The molecule has 0 bridgehead atoms. The minimum Gasteiger partial charge on any atom is -0.392 e. The number of benzene rings is 1. The fourth-order valence-electron chi connectivity index (χ4n) is 3.55. The first kappa shape index (κ1) is 19.1. The maximum atomic E-state index is 10.6. The van der Waals surface area contributed by atoms with E-state index >= 15 is 0 Å². The van der Waals surface area contributed by atoms with Crippen LogP contribution in [0.3, 0.4) is 0 Å². The van der Waals surface area contributed by atoms with Crippen LogP contribution in [0, 0.1) is 5.92 Å². The fraction of sp³-hybridized carbons (Fsp3) is 0.600. The van der Waals surface area contributed by atoms with Gasteiger partial charge in [0.25, 0.3) is 0 Å². The van der Waals surface area contributed by atoms with Crippen molar-refractivity contribution in [3.8, 4) is 0 Å². The molecule has 3 atom stereocenters. The molecule has 1 aromatic carbocycles. The van der Waals surface area contributed by atoms with E-state index < -0.39 is 12.2 Å². The van der Waals surface area contributed by atoms with Gasteiger partial charge in [-0.05, 0) is 24.0 Å². The van der Waals surface area contributed by atoms with Gasteiger partial charge in [0, 0.05) is 25.0 Å². The van der Waals surface area contributed by atoms with E-state index in [2.05, 4.69) is 11.5 Å². The molecule has 4 heteroatoms. The summed E-state index contributed by atoms with van der Waals surface area (Å²) >= 11 is 0. The smallest absolute Gasteiger partial charge is 0.0840 e. The van der Waals surface area contributed by atoms with Gasteiger partial charge in [-0.15, -0.1) is 6.58 Å².